The minimum Gasteiger partial charge on any atom is -0.481 e. The molecule has 1 aliphatic heterocycles. The van der Waals surface area contributed by atoms with Gasteiger partial charge in [0, 0.05) is 38.8 Å². The summed E-state index contributed by atoms with van der Waals surface area (Å²) in [6.45, 7) is 1.96. The molecule has 1 aromatic rings. The number of aromatic nitrogens is 2. The summed E-state index contributed by atoms with van der Waals surface area (Å²) in [5.41, 5.74) is 0.551. The Morgan fingerprint density at radius 3 is 2.52 bits per heavy atom. The molecule has 2 heterocycles. The molecule has 1 saturated carbocycles. The number of carboxylic acids is 1. The first-order valence-electron chi connectivity index (χ1n) is 9.72. The number of rotatable bonds is 5. The largest absolute Gasteiger partial charge is 0.481 e. The number of carbonyl (C=O) groups excluding carboxylic acids is 2. The van der Waals surface area contributed by atoms with E-state index in [4.69, 9.17) is 0 Å². The summed E-state index contributed by atoms with van der Waals surface area (Å²) < 4.78 is 1.60. The van der Waals surface area contributed by atoms with Gasteiger partial charge in [0.25, 0.3) is 5.91 Å². The molecular weight excluding hydrogens is 348 g/mol. The number of aryl methyl sites for hydroxylation is 1. The summed E-state index contributed by atoms with van der Waals surface area (Å²) in [5, 5.41) is 16.1. The molecule has 1 aliphatic carbocycles. The van der Waals surface area contributed by atoms with Gasteiger partial charge < -0.3 is 15.3 Å². The highest BCUT2D eigenvalue weighted by molar-refractivity contribution is 5.93. The van der Waals surface area contributed by atoms with Crippen LogP contribution in [0.25, 0.3) is 0 Å². The van der Waals surface area contributed by atoms with Gasteiger partial charge in [-0.25, -0.2) is 0 Å². The minimum absolute atomic E-state index is 0.110. The Balaban J connectivity index is 1.42. The fourth-order valence-electron chi connectivity index (χ4n) is 4.13. The van der Waals surface area contributed by atoms with Crippen LogP contribution in [-0.2, 0) is 16.6 Å². The van der Waals surface area contributed by atoms with Gasteiger partial charge in [0.2, 0.25) is 5.91 Å². The first-order chi connectivity index (χ1) is 12.9. The van der Waals surface area contributed by atoms with Crippen LogP contribution in [0.5, 0.6) is 0 Å². The first-order valence-corrected chi connectivity index (χ1v) is 9.72. The number of carboxylic acid groups (broad SMARTS) is 1. The van der Waals surface area contributed by atoms with E-state index in [1.165, 1.54) is 0 Å². The molecule has 2 amide bonds. The van der Waals surface area contributed by atoms with Gasteiger partial charge >= 0.3 is 5.97 Å². The van der Waals surface area contributed by atoms with E-state index in [0.29, 0.717) is 44.0 Å². The van der Waals surface area contributed by atoms with E-state index >= 15 is 0 Å². The monoisotopic (exact) mass is 376 g/mol. The number of hydrogen-bond donors (Lipinski definition) is 2. The second-order valence-electron chi connectivity index (χ2n) is 7.78. The molecule has 2 atom stereocenters. The Morgan fingerprint density at radius 2 is 1.89 bits per heavy atom. The lowest BCUT2D eigenvalue weighted by Gasteiger charge is -2.36. The maximum absolute atomic E-state index is 12.7. The molecule has 148 valence electrons. The van der Waals surface area contributed by atoms with Crippen LogP contribution in [0.3, 0.4) is 0 Å². The molecule has 3 rings (SSSR count). The zero-order chi connectivity index (χ0) is 19.4. The van der Waals surface area contributed by atoms with Gasteiger partial charge in [-0.05, 0) is 38.0 Å². The topological polar surface area (TPSA) is 105 Å². The highest BCUT2D eigenvalue weighted by Crippen LogP contribution is 2.31. The van der Waals surface area contributed by atoms with E-state index in [1.54, 1.807) is 24.1 Å². The number of piperidine rings is 1. The third kappa shape index (κ3) is 4.87. The van der Waals surface area contributed by atoms with E-state index in [-0.39, 0.29) is 23.7 Å². The molecule has 2 unspecified atom stereocenters. The van der Waals surface area contributed by atoms with Gasteiger partial charge in [0.1, 0.15) is 0 Å². The molecule has 0 spiro atoms. The maximum atomic E-state index is 12.7. The summed E-state index contributed by atoms with van der Waals surface area (Å²) in [6.07, 6.45) is 7.69. The van der Waals surface area contributed by atoms with Crippen molar-refractivity contribution in [2.75, 3.05) is 19.6 Å². The van der Waals surface area contributed by atoms with Gasteiger partial charge in [0.15, 0.2) is 0 Å². The van der Waals surface area contributed by atoms with Crippen molar-refractivity contribution in [3.63, 3.8) is 0 Å². The van der Waals surface area contributed by atoms with Gasteiger partial charge in [0.05, 0.1) is 17.7 Å². The molecule has 0 radical (unpaired) electrons. The highest BCUT2D eigenvalue weighted by Gasteiger charge is 2.34. The summed E-state index contributed by atoms with van der Waals surface area (Å²) in [5.74, 6) is -0.972. The van der Waals surface area contributed by atoms with Crippen LogP contribution >= 0.6 is 0 Å². The Bertz CT molecular complexity index is 694. The fraction of sp³-hybridized carbons (Fsp3) is 0.684. The third-order valence-corrected chi connectivity index (χ3v) is 5.82. The van der Waals surface area contributed by atoms with E-state index in [2.05, 4.69) is 10.4 Å². The van der Waals surface area contributed by atoms with Crippen molar-refractivity contribution in [1.82, 2.24) is 20.0 Å². The van der Waals surface area contributed by atoms with E-state index in [1.807, 2.05) is 4.90 Å². The molecule has 0 bridgehead atoms. The smallest absolute Gasteiger partial charge is 0.306 e. The van der Waals surface area contributed by atoms with E-state index in [0.717, 1.165) is 25.7 Å². The third-order valence-electron chi connectivity index (χ3n) is 5.82. The van der Waals surface area contributed by atoms with Crippen LogP contribution in [0.4, 0.5) is 0 Å². The predicted molar refractivity (Wildman–Crippen MR) is 97.9 cm³/mol. The molecule has 8 heteroatoms. The van der Waals surface area contributed by atoms with E-state index in [9.17, 15) is 19.5 Å². The Hall–Kier alpha value is -2.38. The fourth-order valence-corrected chi connectivity index (χ4v) is 4.13. The molecule has 27 heavy (non-hydrogen) atoms. The predicted octanol–water partition coefficient (Wildman–Crippen LogP) is 1.28. The molecule has 1 saturated heterocycles. The van der Waals surface area contributed by atoms with Crippen LogP contribution in [0, 0.1) is 17.8 Å². The Morgan fingerprint density at radius 1 is 1.19 bits per heavy atom. The molecule has 2 N–H and O–H groups in total. The van der Waals surface area contributed by atoms with E-state index < -0.39 is 5.97 Å². The molecule has 2 aliphatic rings. The Kier molecular flexibility index (Phi) is 6.13. The normalized spacial score (nSPS) is 23.8. The van der Waals surface area contributed by atoms with Crippen molar-refractivity contribution < 1.29 is 19.5 Å². The number of amides is 2. The summed E-state index contributed by atoms with van der Waals surface area (Å²) in [4.78, 5) is 37.9. The summed E-state index contributed by atoms with van der Waals surface area (Å²) in [6, 6.07) is 0. The average molecular weight is 376 g/mol. The second-order valence-corrected chi connectivity index (χ2v) is 7.78. The SMILES string of the molecule is Cn1cc(C(=O)NCC2CCN(C(=O)C3CCCC(C(=O)O)C3)CC2)cn1. The Labute approximate surface area is 158 Å². The van der Waals surface area contributed by atoms with Crippen molar-refractivity contribution in [2.45, 2.75) is 38.5 Å². The number of aliphatic carboxylic acids is 1. The molecule has 1 aromatic heterocycles. The van der Waals surface area contributed by atoms with Gasteiger partial charge in [-0.15, -0.1) is 0 Å². The van der Waals surface area contributed by atoms with Gasteiger partial charge in [-0.3, -0.25) is 19.1 Å². The molecule has 0 aromatic carbocycles. The molecule has 2 fully saturated rings. The van der Waals surface area contributed by atoms with Crippen LogP contribution in [0.2, 0.25) is 0 Å². The number of likely N-dealkylation sites (tertiary alicyclic amines) is 1. The van der Waals surface area contributed by atoms with Crippen LogP contribution in [0.1, 0.15) is 48.9 Å². The van der Waals surface area contributed by atoms with Crippen molar-refractivity contribution in [1.29, 1.82) is 0 Å². The van der Waals surface area contributed by atoms with Crippen molar-refractivity contribution in [3.05, 3.63) is 18.0 Å². The quantitative estimate of drug-likeness (QED) is 0.805. The zero-order valence-electron chi connectivity index (χ0n) is 15.8. The lowest BCUT2D eigenvalue weighted by Crippen LogP contribution is -2.45. The zero-order valence-corrected chi connectivity index (χ0v) is 15.8. The maximum Gasteiger partial charge on any atom is 0.306 e. The number of nitrogens with zero attached hydrogens (tertiary/aromatic N) is 3. The molecular formula is C19H28N4O4. The van der Waals surface area contributed by atoms with Gasteiger partial charge in [-0.2, -0.15) is 5.10 Å². The van der Waals surface area contributed by atoms with Crippen LogP contribution < -0.4 is 5.32 Å². The van der Waals surface area contributed by atoms with Crippen molar-refractivity contribution >= 4 is 17.8 Å². The van der Waals surface area contributed by atoms with Crippen molar-refractivity contribution in [3.8, 4) is 0 Å². The number of hydrogen-bond acceptors (Lipinski definition) is 4. The van der Waals surface area contributed by atoms with Crippen LogP contribution in [-0.4, -0.2) is 57.2 Å². The molecule has 8 nitrogen and oxygen atoms in total. The minimum atomic E-state index is -0.782. The lowest BCUT2D eigenvalue weighted by atomic mass is 9.80. The number of nitrogens with one attached hydrogen (secondary N) is 1. The summed E-state index contributed by atoms with van der Waals surface area (Å²) in [7, 11) is 1.77. The lowest BCUT2D eigenvalue weighted by molar-refractivity contribution is -0.145. The second kappa shape index (κ2) is 8.54. The summed E-state index contributed by atoms with van der Waals surface area (Å²) >= 11 is 0. The highest BCUT2D eigenvalue weighted by atomic mass is 16.4. The van der Waals surface area contributed by atoms with Crippen molar-refractivity contribution in [2.24, 2.45) is 24.8 Å². The first kappa shape index (κ1) is 19.4. The van der Waals surface area contributed by atoms with Crippen LogP contribution in [0.15, 0.2) is 12.4 Å². The van der Waals surface area contributed by atoms with Gasteiger partial charge in [-0.1, -0.05) is 6.42 Å². The average Bonchev–Trinajstić information content (AvgIpc) is 3.12. The standard InChI is InChI=1S/C19H28N4O4/c1-22-12-16(11-21-22)17(24)20-10-13-5-7-23(8-6-13)18(25)14-3-2-4-15(9-14)19(26)27/h11-15H,2-10H2,1H3,(H,20,24)(H,26,27). The number of carbonyl (C=O) groups is 3.